The summed E-state index contributed by atoms with van der Waals surface area (Å²) in [7, 11) is -0.396. The third kappa shape index (κ3) is 10.3. The Labute approximate surface area is 335 Å². The average molecular weight is 802 g/mol. The van der Waals surface area contributed by atoms with Gasteiger partial charge in [-0.3, -0.25) is 14.6 Å². The molecular formula is C43H65ClN4O6S. The van der Waals surface area contributed by atoms with Gasteiger partial charge in [-0.25, -0.2) is 13.1 Å². The van der Waals surface area contributed by atoms with Gasteiger partial charge in [0.2, 0.25) is 10.0 Å². The van der Waals surface area contributed by atoms with Crippen LogP contribution in [0.25, 0.3) is 0 Å². The van der Waals surface area contributed by atoms with E-state index >= 15 is 0 Å². The lowest BCUT2D eigenvalue weighted by Gasteiger charge is -2.47. The quantitative estimate of drug-likeness (QED) is 0.254. The van der Waals surface area contributed by atoms with Crippen LogP contribution in [-0.4, -0.2) is 114 Å². The predicted molar refractivity (Wildman–Crippen MR) is 223 cm³/mol. The molecule has 3 heterocycles. The number of sulfonamides is 1. The first-order valence-corrected chi connectivity index (χ1v) is 22.2. The molecule has 1 fully saturated rings. The molecular weight excluding hydrogens is 736 g/mol. The smallest absolute Gasteiger partial charge is 0.264 e. The zero-order valence-corrected chi connectivity index (χ0v) is 35.9. The van der Waals surface area contributed by atoms with Crippen LogP contribution >= 0.6 is 11.6 Å². The number of piperazine rings is 1. The fourth-order valence-corrected chi connectivity index (χ4v) is 10.6. The Morgan fingerprint density at radius 3 is 2.47 bits per heavy atom. The van der Waals surface area contributed by atoms with Crippen LogP contribution in [0.5, 0.6) is 5.75 Å². The van der Waals surface area contributed by atoms with Crippen molar-refractivity contribution >= 4 is 33.2 Å². The molecule has 2 aromatic rings. The van der Waals surface area contributed by atoms with E-state index in [1.54, 1.807) is 26.2 Å². The third-order valence-electron chi connectivity index (χ3n) is 12.5. The number of nitrogens with one attached hydrogen (secondary N) is 1. The van der Waals surface area contributed by atoms with Gasteiger partial charge in [0.25, 0.3) is 5.91 Å². The van der Waals surface area contributed by atoms with E-state index in [9.17, 15) is 13.2 Å². The molecule has 3 aliphatic heterocycles. The van der Waals surface area contributed by atoms with E-state index in [4.69, 9.17) is 25.8 Å². The number of amides is 1. The van der Waals surface area contributed by atoms with Gasteiger partial charge in [0.15, 0.2) is 0 Å². The summed E-state index contributed by atoms with van der Waals surface area (Å²) in [5, 5.41) is -0.0792. The molecule has 2 bridgehead atoms. The second kappa shape index (κ2) is 19.2. The van der Waals surface area contributed by atoms with Gasteiger partial charge in [0, 0.05) is 82.6 Å². The Hall–Kier alpha value is -2.67. The van der Waals surface area contributed by atoms with E-state index in [1.807, 2.05) is 26.2 Å². The highest BCUT2D eigenvalue weighted by Gasteiger charge is 2.43. The van der Waals surface area contributed by atoms with Crippen molar-refractivity contribution in [1.29, 1.82) is 0 Å². The van der Waals surface area contributed by atoms with Crippen LogP contribution in [0.2, 0.25) is 5.02 Å². The minimum atomic E-state index is -3.98. The predicted octanol–water partition coefficient (Wildman–Crippen LogP) is 7.02. The average Bonchev–Trinajstić information content (AvgIpc) is 3.32. The SMILES string of the molecule is CCCc1cc(Cl)ccc1C1COc2ccc3cc2N(C1)CC(C)C(CC)C(CN1CCN(CCOC)[C@H](C)C1)(OC)/C=C/CC(C)C(C)S(=O)(=O)NC3=O. The number of carbonyl (C=O) groups excluding carboxylic acids is 1. The molecule has 1 N–H and O–H groups in total. The van der Waals surface area contributed by atoms with Crippen molar-refractivity contribution in [2.45, 2.75) is 90.0 Å². The summed E-state index contributed by atoms with van der Waals surface area (Å²) in [6, 6.07) is 11.8. The number of halogens is 1. The highest BCUT2D eigenvalue weighted by Crippen LogP contribution is 2.41. The lowest BCUT2D eigenvalue weighted by Crippen LogP contribution is -2.58. The van der Waals surface area contributed by atoms with Crippen LogP contribution in [0.3, 0.4) is 0 Å². The Kier molecular flexibility index (Phi) is 15.2. The van der Waals surface area contributed by atoms with Crippen molar-refractivity contribution in [3.8, 4) is 5.75 Å². The second-order valence-electron chi connectivity index (χ2n) is 16.2. The van der Waals surface area contributed by atoms with E-state index in [0.717, 1.165) is 62.7 Å². The summed E-state index contributed by atoms with van der Waals surface area (Å²) in [5.41, 5.74) is 2.87. The summed E-state index contributed by atoms with van der Waals surface area (Å²) in [4.78, 5) is 21.0. The number of aryl methyl sites for hydroxylation is 1. The van der Waals surface area contributed by atoms with Crippen LogP contribution in [0.1, 0.15) is 88.2 Å². The molecule has 7 atom stereocenters. The summed E-state index contributed by atoms with van der Waals surface area (Å²) < 4.78 is 48.4. The first-order valence-electron chi connectivity index (χ1n) is 20.3. The fourth-order valence-electron chi connectivity index (χ4n) is 9.10. The van der Waals surface area contributed by atoms with Crippen LogP contribution < -0.4 is 14.4 Å². The number of ether oxygens (including phenoxy) is 3. The fraction of sp³-hybridized carbons (Fsp3) is 0.651. The molecule has 12 heteroatoms. The molecule has 10 nitrogen and oxygen atoms in total. The Bertz CT molecular complexity index is 1740. The van der Waals surface area contributed by atoms with Crippen LogP contribution in [0, 0.1) is 17.8 Å². The van der Waals surface area contributed by atoms with Crippen LogP contribution in [0.4, 0.5) is 5.69 Å². The highest BCUT2D eigenvalue weighted by molar-refractivity contribution is 7.90. The summed E-state index contributed by atoms with van der Waals surface area (Å²) >= 11 is 6.51. The first kappa shape index (κ1) is 43.5. The second-order valence-corrected chi connectivity index (χ2v) is 18.7. The molecule has 0 spiro atoms. The van der Waals surface area contributed by atoms with Gasteiger partial charge < -0.3 is 19.1 Å². The van der Waals surface area contributed by atoms with Gasteiger partial charge in [-0.05, 0) is 92.3 Å². The molecule has 0 saturated carbocycles. The van der Waals surface area contributed by atoms with Gasteiger partial charge in [-0.1, -0.05) is 63.9 Å². The lowest BCUT2D eigenvalue weighted by molar-refractivity contribution is -0.0702. The van der Waals surface area contributed by atoms with Gasteiger partial charge in [0.1, 0.15) is 11.4 Å². The molecule has 1 amide bonds. The lowest BCUT2D eigenvalue weighted by atomic mass is 9.75. The maximum absolute atomic E-state index is 13.6. The number of benzene rings is 2. The zero-order valence-electron chi connectivity index (χ0n) is 34.4. The van der Waals surface area contributed by atoms with Crippen molar-refractivity contribution in [3.05, 3.63) is 70.3 Å². The topological polar surface area (TPSA) is 101 Å². The summed E-state index contributed by atoms with van der Waals surface area (Å²) in [6.07, 6.45) is 7.65. The molecule has 0 radical (unpaired) electrons. The van der Waals surface area contributed by atoms with Crippen LogP contribution in [-0.2, 0) is 25.9 Å². The standard InChI is InChI=1S/C43H65ClN4O6S/c1-9-12-34-23-37(44)15-16-38(34)36-27-48-25-31(4)39(10-2)43(53-8,29-46-19-20-47(21-22-52-7)32(5)26-46)18-11-13-30(3)33(6)55(50,51)45-42(49)35-14-17-41(54-28-36)40(48)24-35/h11,14-18,23-24,30-33,36,39H,9-10,12-13,19-22,25-29H2,1-8H3,(H,45,49)/b18-11+/t30?,31?,32-,33?,36?,39?,43?/m1/s1. The molecule has 5 rings (SSSR count). The number of fused-ring (bicyclic) bond motifs is 1. The van der Waals surface area contributed by atoms with E-state index in [1.165, 1.54) is 11.1 Å². The summed E-state index contributed by atoms with van der Waals surface area (Å²) in [5.74, 6) is 0.0982. The minimum Gasteiger partial charge on any atom is -0.491 e. The number of hydrogen-bond acceptors (Lipinski definition) is 9. The number of allylic oxidation sites excluding steroid dienone is 1. The number of carbonyl (C=O) groups is 1. The molecule has 2 aromatic carbocycles. The molecule has 55 heavy (non-hydrogen) atoms. The minimum absolute atomic E-state index is 0.0343. The number of rotatable bonds is 10. The summed E-state index contributed by atoms with van der Waals surface area (Å²) in [6.45, 7) is 19.6. The number of nitrogens with zero attached hydrogens (tertiary/aromatic N) is 3. The van der Waals surface area contributed by atoms with E-state index < -0.39 is 26.8 Å². The Morgan fingerprint density at radius 1 is 1.00 bits per heavy atom. The van der Waals surface area contributed by atoms with Crippen molar-refractivity contribution in [1.82, 2.24) is 14.5 Å². The number of methoxy groups -OCH3 is 2. The Morgan fingerprint density at radius 2 is 1.78 bits per heavy atom. The molecule has 0 aliphatic carbocycles. The van der Waals surface area contributed by atoms with Gasteiger partial charge in [-0.2, -0.15) is 0 Å². The zero-order chi connectivity index (χ0) is 39.9. The third-order valence-corrected chi connectivity index (χ3v) is 14.6. The first-order chi connectivity index (χ1) is 26.2. The normalized spacial score (nSPS) is 30.3. The van der Waals surface area contributed by atoms with E-state index in [-0.39, 0.29) is 29.2 Å². The molecule has 3 aliphatic rings. The number of hydrogen-bond donors (Lipinski definition) is 1. The molecule has 0 aromatic heterocycles. The maximum Gasteiger partial charge on any atom is 0.264 e. The molecule has 306 valence electrons. The molecule has 6 unspecified atom stereocenters. The van der Waals surface area contributed by atoms with Gasteiger partial charge in [-0.15, -0.1) is 0 Å². The largest absolute Gasteiger partial charge is 0.491 e. The number of anilines is 1. The van der Waals surface area contributed by atoms with E-state index in [2.05, 4.69) is 71.4 Å². The Balaban J connectivity index is 1.58. The molecule has 1 saturated heterocycles. The van der Waals surface area contributed by atoms with E-state index in [0.29, 0.717) is 44.5 Å². The van der Waals surface area contributed by atoms with Crippen molar-refractivity contribution in [3.63, 3.8) is 0 Å². The van der Waals surface area contributed by atoms with Crippen molar-refractivity contribution in [2.75, 3.05) is 78.1 Å². The highest BCUT2D eigenvalue weighted by atomic mass is 35.5. The van der Waals surface area contributed by atoms with Crippen LogP contribution in [0.15, 0.2) is 48.6 Å². The van der Waals surface area contributed by atoms with Gasteiger partial charge >= 0.3 is 0 Å². The van der Waals surface area contributed by atoms with Gasteiger partial charge in [0.05, 0.1) is 24.2 Å². The maximum atomic E-state index is 13.6. The monoisotopic (exact) mass is 800 g/mol. The van der Waals surface area contributed by atoms with Crippen molar-refractivity contribution < 1.29 is 27.4 Å². The van der Waals surface area contributed by atoms with Crippen molar-refractivity contribution in [2.24, 2.45) is 17.8 Å².